The van der Waals surface area contributed by atoms with Crippen LogP contribution in [0, 0.1) is 5.92 Å². The third kappa shape index (κ3) is 4.94. The molecule has 0 saturated carbocycles. The molecule has 0 fully saturated rings. The molecule has 2 N–H and O–H groups in total. The van der Waals surface area contributed by atoms with Gasteiger partial charge >= 0.3 is 0 Å². The number of hydrogen-bond acceptors (Lipinski definition) is 3. The fourth-order valence-corrected chi connectivity index (χ4v) is 3.06. The van der Waals surface area contributed by atoms with E-state index in [-0.39, 0.29) is 6.10 Å². The van der Waals surface area contributed by atoms with Gasteiger partial charge in [-0.05, 0) is 36.8 Å². The fraction of sp³-hybridized carbons (Fsp3) is 0.579. The third-order valence-electron chi connectivity index (χ3n) is 4.75. The van der Waals surface area contributed by atoms with Gasteiger partial charge in [-0.25, -0.2) is 0 Å². The molecular weight excluding hydrogens is 272 g/mol. The van der Waals surface area contributed by atoms with Crippen molar-refractivity contribution in [3.05, 3.63) is 48.0 Å². The van der Waals surface area contributed by atoms with Gasteiger partial charge in [-0.1, -0.05) is 37.3 Å². The van der Waals surface area contributed by atoms with E-state index in [1.54, 1.807) is 0 Å². The monoisotopic (exact) mass is 302 g/mol. The molecule has 0 aromatic heterocycles. The number of nitrogens with zero attached hydrogens (tertiary/aromatic N) is 1. The molecule has 3 atom stereocenters. The summed E-state index contributed by atoms with van der Waals surface area (Å²) in [6, 6.07) is 9.02. The number of benzene rings is 1. The SMILES string of the molecule is C=CCC(C)C(C)NCC(O)CN1CCc2ccccc2C1. The van der Waals surface area contributed by atoms with Gasteiger partial charge in [0.2, 0.25) is 0 Å². The van der Waals surface area contributed by atoms with Crippen LogP contribution in [0.5, 0.6) is 0 Å². The lowest BCUT2D eigenvalue weighted by molar-refractivity contribution is 0.100. The Morgan fingerprint density at radius 3 is 2.77 bits per heavy atom. The van der Waals surface area contributed by atoms with Crippen molar-refractivity contribution in [3.63, 3.8) is 0 Å². The molecule has 22 heavy (non-hydrogen) atoms. The maximum absolute atomic E-state index is 10.3. The van der Waals surface area contributed by atoms with Gasteiger partial charge < -0.3 is 10.4 Å². The third-order valence-corrected chi connectivity index (χ3v) is 4.75. The van der Waals surface area contributed by atoms with Crippen LogP contribution in [0.15, 0.2) is 36.9 Å². The summed E-state index contributed by atoms with van der Waals surface area (Å²) in [5.74, 6) is 0.548. The van der Waals surface area contributed by atoms with Gasteiger partial charge in [0.1, 0.15) is 0 Å². The molecule has 0 radical (unpaired) electrons. The average Bonchev–Trinajstić information content (AvgIpc) is 2.52. The zero-order chi connectivity index (χ0) is 15.9. The molecule has 1 aliphatic rings. The topological polar surface area (TPSA) is 35.5 Å². The van der Waals surface area contributed by atoms with Crippen molar-refractivity contribution in [3.8, 4) is 0 Å². The highest BCUT2D eigenvalue weighted by atomic mass is 16.3. The Kier molecular flexibility index (Phi) is 6.62. The first-order chi connectivity index (χ1) is 10.6. The molecule has 2 rings (SSSR count). The molecule has 0 saturated heterocycles. The first-order valence-corrected chi connectivity index (χ1v) is 8.41. The van der Waals surface area contributed by atoms with E-state index < -0.39 is 0 Å². The molecule has 0 aliphatic carbocycles. The van der Waals surface area contributed by atoms with E-state index in [4.69, 9.17) is 0 Å². The van der Waals surface area contributed by atoms with Gasteiger partial charge in [0, 0.05) is 32.2 Å². The van der Waals surface area contributed by atoms with Gasteiger partial charge in [0.05, 0.1) is 6.10 Å². The number of rotatable bonds is 8. The summed E-state index contributed by atoms with van der Waals surface area (Å²) in [5, 5.41) is 13.7. The lowest BCUT2D eigenvalue weighted by Gasteiger charge is -2.31. The Morgan fingerprint density at radius 1 is 1.32 bits per heavy atom. The zero-order valence-corrected chi connectivity index (χ0v) is 14.0. The van der Waals surface area contributed by atoms with Gasteiger partial charge in [-0.3, -0.25) is 4.90 Å². The van der Waals surface area contributed by atoms with E-state index in [0.29, 0.717) is 18.5 Å². The smallest absolute Gasteiger partial charge is 0.0791 e. The van der Waals surface area contributed by atoms with Gasteiger partial charge in [0.25, 0.3) is 0 Å². The summed E-state index contributed by atoms with van der Waals surface area (Å²) >= 11 is 0. The predicted octanol–water partition coefficient (Wildman–Crippen LogP) is 2.60. The molecule has 1 aromatic rings. The Balaban J connectivity index is 1.74. The van der Waals surface area contributed by atoms with Crippen LogP contribution in [-0.2, 0) is 13.0 Å². The second-order valence-electron chi connectivity index (χ2n) is 6.61. The minimum atomic E-state index is -0.316. The van der Waals surface area contributed by atoms with Crippen molar-refractivity contribution < 1.29 is 5.11 Å². The first-order valence-electron chi connectivity index (χ1n) is 8.41. The second kappa shape index (κ2) is 8.47. The van der Waals surface area contributed by atoms with Crippen molar-refractivity contribution >= 4 is 0 Å². The van der Waals surface area contributed by atoms with E-state index in [0.717, 1.165) is 32.5 Å². The lowest BCUT2D eigenvalue weighted by Crippen LogP contribution is -2.43. The van der Waals surface area contributed by atoms with Crippen LogP contribution in [-0.4, -0.2) is 41.8 Å². The molecular formula is C19H30N2O. The number of aliphatic hydroxyl groups excluding tert-OH is 1. The molecule has 0 spiro atoms. The largest absolute Gasteiger partial charge is 0.390 e. The summed E-state index contributed by atoms with van der Waals surface area (Å²) in [5.41, 5.74) is 2.86. The number of hydrogen-bond donors (Lipinski definition) is 2. The standard InChI is InChI=1S/C19H30N2O/c1-4-7-15(2)16(3)20-12-19(22)14-21-11-10-17-8-5-6-9-18(17)13-21/h4-6,8-9,15-16,19-20,22H,1,7,10-14H2,2-3H3. The van der Waals surface area contributed by atoms with E-state index in [9.17, 15) is 5.11 Å². The van der Waals surface area contributed by atoms with Crippen LogP contribution in [0.3, 0.4) is 0 Å². The van der Waals surface area contributed by atoms with E-state index >= 15 is 0 Å². The molecule has 1 aromatic carbocycles. The minimum Gasteiger partial charge on any atom is -0.390 e. The van der Waals surface area contributed by atoms with Gasteiger partial charge in [-0.2, -0.15) is 0 Å². The van der Waals surface area contributed by atoms with Crippen LogP contribution in [0.4, 0.5) is 0 Å². The number of nitrogens with one attached hydrogen (secondary N) is 1. The van der Waals surface area contributed by atoms with Crippen molar-refractivity contribution in [2.45, 2.75) is 45.4 Å². The molecule has 0 amide bonds. The Hall–Kier alpha value is -1.16. The number of fused-ring (bicyclic) bond motifs is 1. The van der Waals surface area contributed by atoms with Crippen LogP contribution in [0.2, 0.25) is 0 Å². The fourth-order valence-electron chi connectivity index (χ4n) is 3.06. The van der Waals surface area contributed by atoms with Crippen molar-refractivity contribution in [1.82, 2.24) is 10.2 Å². The van der Waals surface area contributed by atoms with Crippen molar-refractivity contribution in [1.29, 1.82) is 0 Å². The van der Waals surface area contributed by atoms with Crippen LogP contribution >= 0.6 is 0 Å². The summed E-state index contributed by atoms with van der Waals surface area (Å²) in [7, 11) is 0. The number of β-amino-alcohol motifs (C(OH)–C–C–N with tert-alkyl or cyclic N) is 1. The Bertz CT molecular complexity index is 474. The molecule has 3 nitrogen and oxygen atoms in total. The Labute approximate surface area is 135 Å². The number of aliphatic hydroxyl groups is 1. The van der Waals surface area contributed by atoms with Crippen LogP contribution in [0.25, 0.3) is 0 Å². The summed E-state index contributed by atoms with van der Waals surface area (Å²) < 4.78 is 0. The van der Waals surface area contributed by atoms with E-state index in [1.807, 2.05) is 6.08 Å². The Morgan fingerprint density at radius 2 is 2.05 bits per heavy atom. The normalized spacial score (nSPS) is 19.2. The second-order valence-corrected chi connectivity index (χ2v) is 6.61. The van der Waals surface area contributed by atoms with Gasteiger partial charge in [0.15, 0.2) is 0 Å². The number of allylic oxidation sites excluding steroid dienone is 1. The van der Waals surface area contributed by atoms with Gasteiger partial charge in [-0.15, -0.1) is 6.58 Å². The van der Waals surface area contributed by atoms with E-state index in [1.165, 1.54) is 11.1 Å². The maximum atomic E-state index is 10.3. The van der Waals surface area contributed by atoms with Crippen molar-refractivity contribution in [2.24, 2.45) is 5.92 Å². The summed E-state index contributed by atoms with van der Waals surface area (Å²) in [4.78, 5) is 2.35. The quantitative estimate of drug-likeness (QED) is 0.725. The summed E-state index contributed by atoms with van der Waals surface area (Å²) in [6.45, 7) is 11.6. The van der Waals surface area contributed by atoms with Crippen LogP contribution < -0.4 is 5.32 Å². The highest BCUT2D eigenvalue weighted by Crippen LogP contribution is 2.18. The predicted molar refractivity (Wildman–Crippen MR) is 92.9 cm³/mol. The van der Waals surface area contributed by atoms with Crippen molar-refractivity contribution in [2.75, 3.05) is 19.6 Å². The maximum Gasteiger partial charge on any atom is 0.0791 e. The average molecular weight is 302 g/mol. The minimum absolute atomic E-state index is 0.316. The van der Waals surface area contributed by atoms with E-state index in [2.05, 4.69) is 54.9 Å². The molecule has 1 aliphatic heterocycles. The highest BCUT2D eigenvalue weighted by Gasteiger charge is 2.19. The lowest BCUT2D eigenvalue weighted by atomic mass is 9.99. The first kappa shape index (κ1) is 17.2. The zero-order valence-electron chi connectivity index (χ0n) is 14.0. The highest BCUT2D eigenvalue weighted by molar-refractivity contribution is 5.29. The molecule has 1 heterocycles. The molecule has 122 valence electrons. The molecule has 3 heteroatoms. The molecule has 3 unspecified atom stereocenters. The van der Waals surface area contributed by atoms with Crippen LogP contribution in [0.1, 0.15) is 31.4 Å². The molecule has 0 bridgehead atoms. The summed E-state index contributed by atoms with van der Waals surface area (Å²) in [6.07, 6.45) is 3.74.